The Morgan fingerprint density at radius 1 is 1.22 bits per heavy atom. The molecular formula is C27H36N2O7. The number of pyridine rings is 1. The van der Waals surface area contributed by atoms with Crippen LogP contribution in [0, 0.1) is 13.8 Å². The van der Waals surface area contributed by atoms with Gasteiger partial charge in [0.2, 0.25) is 0 Å². The Kier molecular flexibility index (Phi) is 9.52. The summed E-state index contributed by atoms with van der Waals surface area (Å²) in [6.45, 7) is 8.32. The van der Waals surface area contributed by atoms with E-state index in [0.29, 0.717) is 25.9 Å². The van der Waals surface area contributed by atoms with Gasteiger partial charge in [-0.2, -0.15) is 0 Å². The van der Waals surface area contributed by atoms with Gasteiger partial charge in [-0.15, -0.1) is 0 Å². The van der Waals surface area contributed by atoms with Gasteiger partial charge >= 0.3 is 5.97 Å². The quantitative estimate of drug-likeness (QED) is 0.525. The highest BCUT2D eigenvalue weighted by Gasteiger charge is 2.36. The van der Waals surface area contributed by atoms with Crippen LogP contribution in [0.4, 0.5) is 0 Å². The standard InChI is InChI=1S/C27H36N2O7/c1-6-12-34-25-18(4)35-27(32)20(29-26(31)23-24(30)21(33-5)10-11-28-23)8-7-9-22(25)36-19-14-16(2)13-17(3)15-19/h10-11,13-15,18,20,22,25,30H,6-9,12H2,1-5H3,(H,29,31)/t18-,20-,22-,25-/m0/s1. The number of methoxy groups -OCH3 is 1. The van der Waals surface area contributed by atoms with Gasteiger partial charge in [-0.25, -0.2) is 9.78 Å². The summed E-state index contributed by atoms with van der Waals surface area (Å²) in [5.41, 5.74) is 1.96. The van der Waals surface area contributed by atoms with Crippen molar-refractivity contribution >= 4 is 11.9 Å². The summed E-state index contributed by atoms with van der Waals surface area (Å²) >= 11 is 0. The van der Waals surface area contributed by atoms with Crippen molar-refractivity contribution in [3.8, 4) is 17.2 Å². The van der Waals surface area contributed by atoms with E-state index in [4.69, 9.17) is 18.9 Å². The number of cyclic esters (lactones) is 1. The Labute approximate surface area is 212 Å². The highest BCUT2D eigenvalue weighted by molar-refractivity contribution is 5.97. The highest BCUT2D eigenvalue weighted by atomic mass is 16.6. The molecule has 0 bridgehead atoms. The van der Waals surface area contributed by atoms with E-state index in [9.17, 15) is 14.7 Å². The zero-order valence-electron chi connectivity index (χ0n) is 21.6. The zero-order valence-corrected chi connectivity index (χ0v) is 21.6. The first kappa shape index (κ1) is 27.3. The fourth-order valence-electron chi connectivity index (χ4n) is 4.36. The van der Waals surface area contributed by atoms with E-state index in [1.54, 1.807) is 6.92 Å². The molecule has 196 valence electrons. The second-order valence-corrected chi connectivity index (χ2v) is 9.12. The fourth-order valence-corrected chi connectivity index (χ4v) is 4.36. The molecule has 0 spiro atoms. The van der Waals surface area contributed by atoms with Crippen LogP contribution in [0.5, 0.6) is 17.2 Å². The molecule has 1 fully saturated rings. The van der Waals surface area contributed by atoms with Crippen molar-refractivity contribution < 1.29 is 33.6 Å². The molecule has 2 aromatic rings. The van der Waals surface area contributed by atoms with Crippen LogP contribution in [0.1, 0.15) is 61.1 Å². The summed E-state index contributed by atoms with van der Waals surface area (Å²) in [5.74, 6) is -0.803. The van der Waals surface area contributed by atoms with Gasteiger partial charge in [0.1, 0.15) is 30.1 Å². The maximum atomic E-state index is 13.0. The number of nitrogens with zero attached hydrogens (tertiary/aromatic N) is 1. The molecule has 4 atom stereocenters. The van der Waals surface area contributed by atoms with Crippen LogP contribution < -0.4 is 14.8 Å². The third-order valence-electron chi connectivity index (χ3n) is 6.02. The number of hydrogen-bond acceptors (Lipinski definition) is 8. The van der Waals surface area contributed by atoms with E-state index in [2.05, 4.69) is 16.4 Å². The third kappa shape index (κ3) is 6.87. The summed E-state index contributed by atoms with van der Waals surface area (Å²) < 4.78 is 23.3. The molecule has 2 heterocycles. The fraction of sp³-hybridized carbons (Fsp3) is 0.519. The van der Waals surface area contributed by atoms with Gasteiger partial charge < -0.3 is 29.4 Å². The number of rotatable bonds is 8. The van der Waals surface area contributed by atoms with Crippen LogP contribution in [0.2, 0.25) is 0 Å². The summed E-state index contributed by atoms with van der Waals surface area (Å²) in [6, 6.07) is 6.55. The molecule has 3 rings (SSSR count). The summed E-state index contributed by atoms with van der Waals surface area (Å²) in [6.07, 6.45) is 2.22. The van der Waals surface area contributed by atoms with E-state index in [1.165, 1.54) is 19.4 Å². The van der Waals surface area contributed by atoms with E-state index in [0.717, 1.165) is 23.3 Å². The average Bonchev–Trinajstić information content (AvgIpc) is 2.86. The van der Waals surface area contributed by atoms with E-state index in [-0.39, 0.29) is 17.5 Å². The number of carbonyl (C=O) groups excluding carboxylic acids is 2. The summed E-state index contributed by atoms with van der Waals surface area (Å²) in [4.78, 5) is 29.8. The number of amides is 1. The van der Waals surface area contributed by atoms with Gasteiger partial charge in [0.25, 0.3) is 5.91 Å². The normalized spacial score (nSPS) is 22.5. The van der Waals surface area contributed by atoms with E-state index >= 15 is 0 Å². The van der Waals surface area contributed by atoms with E-state index < -0.39 is 35.9 Å². The van der Waals surface area contributed by atoms with Gasteiger partial charge in [-0.05, 0) is 69.7 Å². The minimum atomic E-state index is -0.917. The van der Waals surface area contributed by atoms with E-state index in [1.807, 2.05) is 32.9 Å². The lowest BCUT2D eigenvalue weighted by Crippen LogP contribution is -2.46. The van der Waals surface area contributed by atoms with Crippen LogP contribution in [-0.4, -0.2) is 60.0 Å². The van der Waals surface area contributed by atoms with Crippen LogP contribution in [-0.2, 0) is 14.3 Å². The number of aromatic nitrogens is 1. The summed E-state index contributed by atoms with van der Waals surface area (Å²) in [7, 11) is 1.38. The first-order chi connectivity index (χ1) is 17.2. The molecule has 9 heteroatoms. The molecule has 0 aliphatic carbocycles. The number of aromatic hydroxyl groups is 1. The van der Waals surface area contributed by atoms with Crippen molar-refractivity contribution in [3.05, 3.63) is 47.3 Å². The predicted molar refractivity (Wildman–Crippen MR) is 133 cm³/mol. The van der Waals surface area contributed by atoms with Crippen LogP contribution in [0.15, 0.2) is 30.5 Å². The van der Waals surface area contributed by atoms with Gasteiger partial charge in [0, 0.05) is 18.9 Å². The van der Waals surface area contributed by atoms with Crippen molar-refractivity contribution in [2.75, 3.05) is 13.7 Å². The zero-order chi connectivity index (χ0) is 26.2. The Hall–Kier alpha value is -3.33. The van der Waals surface area contributed by atoms with Crippen molar-refractivity contribution in [3.63, 3.8) is 0 Å². The number of ether oxygens (including phenoxy) is 4. The van der Waals surface area contributed by atoms with Gasteiger partial charge in [-0.1, -0.05) is 13.0 Å². The molecule has 1 amide bonds. The molecule has 1 aliphatic heterocycles. The highest BCUT2D eigenvalue weighted by Crippen LogP contribution is 2.28. The van der Waals surface area contributed by atoms with Crippen LogP contribution in [0.3, 0.4) is 0 Å². The van der Waals surface area contributed by atoms with Crippen LogP contribution in [0.25, 0.3) is 0 Å². The number of aryl methyl sites for hydroxylation is 2. The number of carbonyl (C=O) groups is 2. The minimum Gasteiger partial charge on any atom is -0.503 e. The van der Waals surface area contributed by atoms with Gasteiger partial charge in [-0.3, -0.25) is 4.79 Å². The molecule has 9 nitrogen and oxygen atoms in total. The van der Waals surface area contributed by atoms with Crippen molar-refractivity contribution in [1.82, 2.24) is 10.3 Å². The van der Waals surface area contributed by atoms with Gasteiger partial charge in [0.15, 0.2) is 17.2 Å². The molecule has 36 heavy (non-hydrogen) atoms. The van der Waals surface area contributed by atoms with Crippen molar-refractivity contribution in [2.24, 2.45) is 0 Å². The first-order valence-electron chi connectivity index (χ1n) is 12.3. The topological polar surface area (TPSA) is 116 Å². The lowest BCUT2D eigenvalue weighted by molar-refractivity contribution is -0.162. The summed E-state index contributed by atoms with van der Waals surface area (Å²) in [5, 5.41) is 12.9. The Balaban J connectivity index is 1.79. The molecular weight excluding hydrogens is 464 g/mol. The predicted octanol–water partition coefficient (Wildman–Crippen LogP) is 3.87. The minimum absolute atomic E-state index is 0.114. The lowest BCUT2D eigenvalue weighted by Gasteiger charge is -2.31. The Bertz CT molecular complexity index is 1040. The van der Waals surface area contributed by atoms with Gasteiger partial charge in [0.05, 0.1) is 7.11 Å². The van der Waals surface area contributed by atoms with Crippen LogP contribution >= 0.6 is 0 Å². The molecule has 1 aromatic carbocycles. The maximum absolute atomic E-state index is 13.0. The molecule has 0 radical (unpaired) electrons. The number of nitrogens with one attached hydrogen (secondary N) is 1. The second-order valence-electron chi connectivity index (χ2n) is 9.12. The van der Waals surface area contributed by atoms with Crippen molar-refractivity contribution in [2.45, 2.75) is 77.7 Å². The number of esters is 1. The monoisotopic (exact) mass is 500 g/mol. The number of benzene rings is 1. The largest absolute Gasteiger partial charge is 0.503 e. The third-order valence-corrected chi connectivity index (χ3v) is 6.02. The first-order valence-corrected chi connectivity index (χ1v) is 12.3. The maximum Gasteiger partial charge on any atom is 0.329 e. The Morgan fingerprint density at radius 3 is 2.61 bits per heavy atom. The lowest BCUT2D eigenvalue weighted by atomic mass is 10.0. The molecule has 0 saturated carbocycles. The van der Waals surface area contributed by atoms with Crippen molar-refractivity contribution in [1.29, 1.82) is 0 Å². The number of hydrogen-bond donors (Lipinski definition) is 2. The molecule has 0 unspecified atom stereocenters. The smallest absolute Gasteiger partial charge is 0.329 e. The molecule has 1 saturated heterocycles. The molecule has 1 aromatic heterocycles. The SMILES string of the molecule is CCCO[C@H]1[C@H](C)OC(=O)[C@@H](NC(=O)c2nccc(OC)c2O)CCC[C@@H]1Oc1cc(C)cc(C)c1. The Morgan fingerprint density at radius 2 is 1.94 bits per heavy atom. The molecule has 1 aliphatic rings. The average molecular weight is 501 g/mol. The molecule has 2 N–H and O–H groups in total. The second kappa shape index (κ2) is 12.6.